The van der Waals surface area contributed by atoms with E-state index in [0.717, 1.165) is 69.5 Å². The third kappa shape index (κ3) is 12.5. The van der Waals surface area contributed by atoms with E-state index in [-0.39, 0.29) is 0 Å². The standard InChI is InChI=1S/C48H61N3O7S/c1-52-40-22-20-36(18-19-37-33-44(54-3)47(56-5)45(34-37)55-4)32-42(40)57-30-14-8-6-12-24-50-26-28-51(29-27-50)25-13-7-9-15-31-58-43-35-38(21-23-41(43)53-2)48-49-39-16-10-11-17-46(39)59-48/h10-11,16-23,32-35H,6-9,12-15,24-31H2,1-5H3/b19-18-. The van der Waals surface area contributed by atoms with Gasteiger partial charge in [0, 0.05) is 31.7 Å². The smallest absolute Gasteiger partial charge is 0.203 e. The average molecular weight is 824 g/mol. The van der Waals surface area contributed by atoms with Gasteiger partial charge in [-0.15, -0.1) is 11.3 Å². The van der Waals surface area contributed by atoms with Gasteiger partial charge in [0.05, 0.1) is 59.0 Å². The topological polar surface area (TPSA) is 84.0 Å². The number of piperazine rings is 1. The number of hydrogen-bond donors (Lipinski definition) is 0. The van der Waals surface area contributed by atoms with Crippen LogP contribution in [0.3, 0.4) is 0 Å². The molecule has 0 atom stereocenters. The first-order valence-corrected chi connectivity index (χ1v) is 21.7. The largest absolute Gasteiger partial charge is 0.493 e. The summed E-state index contributed by atoms with van der Waals surface area (Å²) in [6.07, 6.45) is 13.3. The predicted molar refractivity (Wildman–Crippen MR) is 240 cm³/mol. The summed E-state index contributed by atoms with van der Waals surface area (Å²) in [5, 5.41) is 0.999. The Hall–Kier alpha value is -4.97. The van der Waals surface area contributed by atoms with Crippen molar-refractivity contribution in [2.45, 2.75) is 51.4 Å². The number of hydrogen-bond acceptors (Lipinski definition) is 11. The van der Waals surface area contributed by atoms with Crippen LogP contribution in [-0.2, 0) is 0 Å². The van der Waals surface area contributed by atoms with Crippen LogP contribution in [0.15, 0.2) is 72.8 Å². The summed E-state index contributed by atoms with van der Waals surface area (Å²) in [5.74, 6) is 4.85. The van der Waals surface area contributed by atoms with E-state index in [1.165, 1.54) is 76.1 Å². The van der Waals surface area contributed by atoms with Gasteiger partial charge in [-0.1, -0.05) is 56.0 Å². The lowest BCUT2D eigenvalue weighted by atomic mass is 10.1. The van der Waals surface area contributed by atoms with Crippen molar-refractivity contribution >= 4 is 33.7 Å². The van der Waals surface area contributed by atoms with E-state index in [1.807, 2.05) is 54.6 Å². The number of benzene rings is 4. The first-order valence-electron chi connectivity index (χ1n) is 20.9. The summed E-state index contributed by atoms with van der Waals surface area (Å²) >= 11 is 1.70. The molecule has 1 aliphatic heterocycles. The van der Waals surface area contributed by atoms with E-state index >= 15 is 0 Å². The van der Waals surface area contributed by atoms with Crippen molar-refractivity contribution in [1.29, 1.82) is 0 Å². The summed E-state index contributed by atoms with van der Waals surface area (Å²) < 4.78 is 41.2. The first kappa shape index (κ1) is 43.6. The van der Waals surface area contributed by atoms with Gasteiger partial charge >= 0.3 is 0 Å². The molecule has 2 heterocycles. The lowest BCUT2D eigenvalue weighted by molar-refractivity contribution is 0.128. The lowest BCUT2D eigenvalue weighted by Crippen LogP contribution is -2.46. The molecule has 1 aliphatic rings. The number of methoxy groups -OCH3 is 5. The molecule has 0 saturated carbocycles. The van der Waals surface area contributed by atoms with E-state index in [9.17, 15) is 0 Å². The fraction of sp³-hybridized carbons (Fsp3) is 0.438. The van der Waals surface area contributed by atoms with Crippen molar-refractivity contribution < 1.29 is 33.2 Å². The van der Waals surface area contributed by atoms with E-state index in [0.29, 0.717) is 30.5 Å². The molecule has 1 saturated heterocycles. The van der Waals surface area contributed by atoms with Crippen LogP contribution in [0.1, 0.15) is 62.5 Å². The molecular formula is C48H61N3O7S. The maximum Gasteiger partial charge on any atom is 0.203 e. The molecule has 0 bridgehead atoms. The van der Waals surface area contributed by atoms with Crippen molar-refractivity contribution in [3.63, 3.8) is 0 Å². The second-order valence-electron chi connectivity index (χ2n) is 14.8. The molecular weight excluding hydrogens is 763 g/mol. The van der Waals surface area contributed by atoms with Crippen molar-refractivity contribution in [2.24, 2.45) is 0 Å². The Bertz CT molecular complexity index is 2020. The number of para-hydroxylation sites is 1. The van der Waals surface area contributed by atoms with Gasteiger partial charge < -0.3 is 43.0 Å². The number of fused-ring (bicyclic) bond motifs is 1. The third-order valence-corrected chi connectivity index (χ3v) is 11.9. The minimum absolute atomic E-state index is 0.574. The van der Waals surface area contributed by atoms with Gasteiger partial charge in [-0.3, -0.25) is 0 Å². The second kappa shape index (κ2) is 23.0. The minimum Gasteiger partial charge on any atom is -0.493 e. The zero-order valence-electron chi connectivity index (χ0n) is 35.5. The molecule has 0 spiro atoms. The molecule has 0 unspecified atom stereocenters. The number of ether oxygens (including phenoxy) is 7. The Balaban J connectivity index is 0.809. The van der Waals surface area contributed by atoms with Gasteiger partial charge in [0.15, 0.2) is 34.5 Å². The number of nitrogens with zero attached hydrogens (tertiary/aromatic N) is 3. The number of aromatic nitrogens is 1. The zero-order chi connectivity index (χ0) is 41.2. The molecule has 316 valence electrons. The summed E-state index contributed by atoms with van der Waals surface area (Å²) in [6.45, 7) is 8.38. The van der Waals surface area contributed by atoms with Crippen molar-refractivity contribution in [2.75, 3.05) is 88.0 Å². The van der Waals surface area contributed by atoms with Crippen LogP contribution in [0.5, 0.6) is 40.2 Å². The van der Waals surface area contributed by atoms with Crippen LogP contribution in [0.4, 0.5) is 0 Å². The highest BCUT2D eigenvalue weighted by molar-refractivity contribution is 7.21. The van der Waals surface area contributed by atoms with Crippen molar-refractivity contribution in [3.8, 4) is 50.8 Å². The van der Waals surface area contributed by atoms with Crippen LogP contribution >= 0.6 is 11.3 Å². The Kier molecular flexibility index (Phi) is 17.0. The quantitative estimate of drug-likeness (QED) is 0.0443. The van der Waals surface area contributed by atoms with Gasteiger partial charge in [0.2, 0.25) is 5.75 Å². The fourth-order valence-corrected chi connectivity index (χ4v) is 8.36. The van der Waals surface area contributed by atoms with E-state index in [1.54, 1.807) is 46.9 Å². The molecule has 1 fully saturated rings. The van der Waals surface area contributed by atoms with Gasteiger partial charge in [-0.05, 0) is 104 Å². The Morgan fingerprint density at radius 3 is 1.63 bits per heavy atom. The van der Waals surface area contributed by atoms with Gasteiger partial charge in [-0.25, -0.2) is 4.98 Å². The monoisotopic (exact) mass is 823 g/mol. The minimum atomic E-state index is 0.574. The van der Waals surface area contributed by atoms with Gasteiger partial charge in [0.25, 0.3) is 0 Å². The second-order valence-corrected chi connectivity index (χ2v) is 15.8. The van der Waals surface area contributed by atoms with Gasteiger partial charge in [0.1, 0.15) is 5.01 Å². The number of unbranched alkanes of at least 4 members (excludes halogenated alkanes) is 6. The molecule has 5 aromatic rings. The Labute approximate surface area is 354 Å². The highest BCUT2D eigenvalue weighted by atomic mass is 32.1. The van der Waals surface area contributed by atoms with Gasteiger partial charge in [-0.2, -0.15) is 0 Å². The molecule has 6 rings (SSSR count). The van der Waals surface area contributed by atoms with Crippen molar-refractivity contribution in [3.05, 3.63) is 83.9 Å². The van der Waals surface area contributed by atoms with E-state index < -0.39 is 0 Å². The average Bonchev–Trinajstić information content (AvgIpc) is 3.72. The Morgan fingerprint density at radius 2 is 1.05 bits per heavy atom. The van der Waals surface area contributed by atoms with Crippen LogP contribution in [0.25, 0.3) is 32.9 Å². The van der Waals surface area contributed by atoms with Crippen LogP contribution in [0.2, 0.25) is 0 Å². The number of thiazole rings is 1. The summed E-state index contributed by atoms with van der Waals surface area (Å²) in [6, 6.07) is 24.2. The highest BCUT2D eigenvalue weighted by Crippen LogP contribution is 2.39. The molecule has 0 amide bonds. The predicted octanol–water partition coefficient (Wildman–Crippen LogP) is 10.4. The number of rotatable bonds is 24. The maximum atomic E-state index is 6.21. The van der Waals surface area contributed by atoms with Crippen LogP contribution in [-0.4, -0.2) is 103 Å². The normalized spacial score (nSPS) is 13.5. The summed E-state index contributed by atoms with van der Waals surface area (Å²) in [5.41, 5.74) is 4.04. The Morgan fingerprint density at radius 1 is 0.525 bits per heavy atom. The molecule has 11 heteroatoms. The van der Waals surface area contributed by atoms with E-state index in [2.05, 4.69) is 40.1 Å². The third-order valence-electron chi connectivity index (χ3n) is 10.8. The molecule has 59 heavy (non-hydrogen) atoms. The molecule has 0 radical (unpaired) electrons. The van der Waals surface area contributed by atoms with Crippen molar-refractivity contribution in [1.82, 2.24) is 14.8 Å². The molecule has 1 aromatic heterocycles. The first-order chi connectivity index (χ1) is 29.0. The SMILES string of the molecule is COc1ccc(/C=C\c2cc(OC)c(OC)c(OC)c2)cc1OCCCCCCN1CCN(CCCCCCOc2cc(-c3nc4ccccc4s3)ccc2OC)CC1. The van der Waals surface area contributed by atoms with E-state index in [4.69, 9.17) is 38.1 Å². The zero-order valence-corrected chi connectivity index (χ0v) is 36.3. The molecule has 0 aliphatic carbocycles. The molecule has 10 nitrogen and oxygen atoms in total. The summed E-state index contributed by atoms with van der Waals surface area (Å²) in [7, 11) is 8.21. The van der Waals surface area contributed by atoms with Crippen LogP contribution < -0.4 is 33.2 Å². The highest BCUT2D eigenvalue weighted by Gasteiger charge is 2.17. The molecule has 4 aromatic carbocycles. The van der Waals surface area contributed by atoms with Crippen LogP contribution in [0, 0.1) is 0 Å². The summed E-state index contributed by atoms with van der Waals surface area (Å²) in [4.78, 5) is 10.1. The molecule has 0 N–H and O–H groups in total. The maximum absolute atomic E-state index is 6.21. The fourth-order valence-electron chi connectivity index (χ4n) is 7.40. The lowest BCUT2D eigenvalue weighted by Gasteiger charge is -2.34.